The van der Waals surface area contributed by atoms with Gasteiger partial charge in [-0.25, -0.2) is 4.39 Å². The molecule has 6 nitrogen and oxygen atoms in total. The molecule has 4 atom stereocenters. The summed E-state index contributed by atoms with van der Waals surface area (Å²) in [7, 11) is 4.13. The highest BCUT2D eigenvalue weighted by Crippen LogP contribution is 2.66. The molecule has 0 bridgehead atoms. The number of halogens is 1. The summed E-state index contributed by atoms with van der Waals surface area (Å²) in [5.41, 5.74) is 6.75. The van der Waals surface area contributed by atoms with Gasteiger partial charge in [0, 0.05) is 30.7 Å². The quantitative estimate of drug-likeness (QED) is 0.712. The zero-order valence-electron chi connectivity index (χ0n) is 17.8. The van der Waals surface area contributed by atoms with Gasteiger partial charge in [0.2, 0.25) is 5.91 Å². The van der Waals surface area contributed by atoms with E-state index in [2.05, 4.69) is 23.9 Å². The SMILES string of the molecule is CN(C)C1CCN(c2cccc(C(C(N)=O)C3(C(=O)O)CC3c3ccc(F)cc3)c2)C1. The number of nitrogens with zero attached hydrogens (tertiary/aromatic N) is 2. The molecule has 4 rings (SSSR count). The molecule has 1 saturated carbocycles. The molecule has 2 aromatic carbocycles. The van der Waals surface area contributed by atoms with Crippen LogP contribution in [-0.2, 0) is 9.59 Å². The van der Waals surface area contributed by atoms with Crippen LogP contribution in [0.2, 0.25) is 0 Å². The van der Waals surface area contributed by atoms with Crippen LogP contribution in [0.5, 0.6) is 0 Å². The number of benzene rings is 2. The lowest BCUT2D eigenvalue weighted by atomic mass is 9.79. The third-order valence-electron chi connectivity index (χ3n) is 6.94. The fourth-order valence-corrected chi connectivity index (χ4v) is 5.08. The van der Waals surface area contributed by atoms with Gasteiger partial charge in [-0.3, -0.25) is 9.59 Å². The van der Waals surface area contributed by atoms with Crippen molar-refractivity contribution in [2.45, 2.75) is 30.7 Å². The molecule has 1 saturated heterocycles. The van der Waals surface area contributed by atoms with Crippen LogP contribution in [0.1, 0.15) is 35.8 Å². The summed E-state index contributed by atoms with van der Waals surface area (Å²) in [4.78, 5) is 29.4. The average Bonchev–Trinajstić information content (AvgIpc) is 3.25. The average molecular weight is 426 g/mol. The maximum absolute atomic E-state index is 13.3. The minimum absolute atomic E-state index is 0.290. The molecule has 2 aliphatic rings. The molecule has 1 aliphatic heterocycles. The molecule has 4 unspecified atom stereocenters. The number of amides is 1. The van der Waals surface area contributed by atoms with Gasteiger partial charge in [0.05, 0.1) is 11.3 Å². The highest BCUT2D eigenvalue weighted by Gasteiger charge is 2.67. The van der Waals surface area contributed by atoms with Crippen molar-refractivity contribution in [2.75, 3.05) is 32.1 Å². The predicted molar refractivity (Wildman–Crippen MR) is 117 cm³/mol. The summed E-state index contributed by atoms with van der Waals surface area (Å²) >= 11 is 0. The Labute approximate surface area is 181 Å². The van der Waals surface area contributed by atoms with Crippen LogP contribution in [0.3, 0.4) is 0 Å². The van der Waals surface area contributed by atoms with Crippen LogP contribution < -0.4 is 10.6 Å². The molecule has 31 heavy (non-hydrogen) atoms. The highest BCUT2D eigenvalue weighted by molar-refractivity contribution is 5.94. The van der Waals surface area contributed by atoms with E-state index >= 15 is 0 Å². The number of anilines is 1. The summed E-state index contributed by atoms with van der Waals surface area (Å²) in [6, 6.07) is 13.8. The fourth-order valence-electron chi connectivity index (χ4n) is 5.08. The minimum atomic E-state index is -1.32. The van der Waals surface area contributed by atoms with E-state index in [-0.39, 0.29) is 12.2 Å². The molecular formula is C24H28FN3O3. The summed E-state index contributed by atoms with van der Waals surface area (Å²) in [6.45, 7) is 1.77. The Morgan fingerprint density at radius 2 is 1.94 bits per heavy atom. The summed E-state index contributed by atoms with van der Waals surface area (Å²) in [5, 5.41) is 10.1. The molecule has 2 fully saturated rings. The lowest BCUT2D eigenvalue weighted by Crippen LogP contribution is -2.35. The Morgan fingerprint density at radius 1 is 1.23 bits per heavy atom. The standard InChI is InChI=1S/C24H28FN3O3/c1-27(2)19-10-11-28(14-19)18-5-3-4-16(12-18)21(22(26)29)24(23(30)31)13-20(24)15-6-8-17(25)9-7-15/h3-9,12,19-21H,10-11,13-14H2,1-2H3,(H2,26,29)(H,30,31). The summed E-state index contributed by atoms with van der Waals surface area (Å²) in [5.74, 6) is -3.45. The summed E-state index contributed by atoms with van der Waals surface area (Å²) in [6.07, 6.45) is 1.33. The number of likely N-dealkylation sites (N-methyl/N-ethyl adjacent to an activating group) is 1. The number of primary amides is 1. The zero-order valence-corrected chi connectivity index (χ0v) is 17.8. The Bertz CT molecular complexity index is 994. The van der Waals surface area contributed by atoms with Crippen molar-refractivity contribution in [2.24, 2.45) is 11.1 Å². The van der Waals surface area contributed by atoms with Gasteiger partial charge in [-0.1, -0.05) is 24.3 Å². The van der Waals surface area contributed by atoms with Crippen molar-refractivity contribution in [1.29, 1.82) is 0 Å². The lowest BCUT2D eigenvalue weighted by Gasteiger charge is -2.26. The number of rotatable bonds is 7. The molecule has 7 heteroatoms. The van der Waals surface area contributed by atoms with Gasteiger partial charge >= 0.3 is 5.97 Å². The third-order valence-corrected chi connectivity index (χ3v) is 6.94. The van der Waals surface area contributed by atoms with Crippen molar-refractivity contribution in [3.05, 3.63) is 65.5 Å². The van der Waals surface area contributed by atoms with Crippen molar-refractivity contribution < 1.29 is 19.1 Å². The number of carboxylic acids is 1. The zero-order chi connectivity index (χ0) is 22.3. The molecule has 1 aliphatic carbocycles. The van der Waals surface area contributed by atoms with Crippen LogP contribution in [0.4, 0.5) is 10.1 Å². The third kappa shape index (κ3) is 3.78. The smallest absolute Gasteiger partial charge is 0.311 e. The van der Waals surface area contributed by atoms with E-state index in [0.29, 0.717) is 17.2 Å². The Balaban J connectivity index is 1.67. The normalized spacial score (nSPS) is 26.1. The molecule has 0 spiro atoms. The van der Waals surface area contributed by atoms with Gasteiger partial charge in [0.15, 0.2) is 0 Å². The van der Waals surface area contributed by atoms with Crippen LogP contribution in [0.25, 0.3) is 0 Å². The lowest BCUT2D eigenvalue weighted by molar-refractivity contribution is -0.146. The van der Waals surface area contributed by atoms with Crippen LogP contribution in [0.15, 0.2) is 48.5 Å². The molecular weight excluding hydrogens is 397 g/mol. The Kier molecular flexibility index (Phi) is 5.47. The first-order valence-electron chi connectivity index (χ1n) is 10.5. The maximum atomic E-state index is 13.3. The van der Waals surface area contributed by atoms with Gasteiger partial charge in [-0.05, 0) is 62.3 Å². The number of hydrogen-bond donors (Lipinski definition) is 2. The van der Waals surface area contributed by atoms with Gasteiger partial charge in [-0.2, -0.15) is 0 Å². The monoisotopic (exact) mass is 425 g/mol. The molecule has 0 radical (unpaired) electrons. The predicted octanol–water partition coefficient (Wildman–Crippen LogP) is 2.79. The van der Waals surface area contributed by atoms with E-state index in [0.717, 1.165) is 25.2 Å². The van der Waals surface area contributed by atoms with Gasteiger partial charge in [0.25, 0.3) is 0 Å². The Hall–Kier alpha value is -2.93. The first-order chi connectivity index (χ1) is 14.7. The van der Waals surface area contributed by atoms with Gasteiger partial charge in [0.1, 0.15) is 5.82 Å². The molecule has 1 amide bonds. The van der Waals surface area contributed by atoms with Crippen molar-refractivity contribution in [3.8, 4) is 0 Å². The molecule has 2 aromatic rings. The second-order valence-electron chi connectivity index (χ2n) is 8.94. The Morgan fingerprint density at radius 3 is 2.52 bits per heavy atom. The van der Waals surface area contributed by atoms with Crippen LogP contribution in [0, 0.1) is 11.2 Å². The number of nitrogens with two attached hydrogens (primary N) is 1. The van der Waals surface area contributed by atoms with E-state index in [1.54, 1.807) is 18.2 Å². The number of hydrogen-bond acceptors (Lipinski definition) is 4. The fraction of sp³-hybridized carbons (Fsp3) is 0.417. The number of aliphatic carboxylic acids is 1. The van der Waals surface area contributed by atoms with E-state index in [1.807, 2.05) is 18.2 Å². The molecule has 1 heterocycles. The molecule has 3 N–H and O–H groups in total. The number of carbonyl (C=O) groups is 2. The van der Waals surface area contributed by atoms with Crippen molar-refractivity contribution in [1.82, 2.24) is 4.90 Å². The van der Waals surface area contributed by atoms with E-state index in [4.69, 9.17) is 5.73 Å². The van der Waals surface area contributed by atoms with Crippen LogP contribution in [-0.4, -0.2) is 55.1 Å². The molecule has 164 valence electrons. The van der Waals surface area contributed by atoms with Gasteiger partial charge in [-0.15, -0.1) is 0 Å². The number of carbonyl (C=O) groups excluding carboxylic acids is 1. The minimum Gasteiger partial charge on any atom is -0.481 e. The topological polar surface area (TPSA) is 86.9 Å². The van der Waals surface area contributed by atoms with E-state index < -0.39 is 29.1 Å². The summed E-state index contributed by atoms with van der Waals surface area (Å²) < 4.78 is 13.3. The van der Waals surface area contributed by atoms with Gasteiger partial charge < -0.3 is 20.6 Å². The van der Waals surface area contributed by atoms with E-state index in [1.165, 1.54) is 12.1 Å². The largest absolute Gasteiger partial charge is 0.481 e. The first kappa shape index (κ1) is 21.3. The van der Waals surface area contributed by atoms with Crippen molar-refractivity contribution in [3.63, 3.8) is 0 Å². The van der Waals surface area contributed by atoms with Crippen molar-refractivity contribution >= 4 is 17.6 Å². The first-order valence-corrected chi connectivity index (χ1v) is 10.5. The molecule has 0 aromatic heterocycles. The highest BCUT2D eigenvalue weighted by atomic mass is 19.1. The maximum Gasteiger partial charge on any atom is 0.311 e. The second-order valence-corrected chi connectivity index (χ2v) is 8.94. The van der Waals surface area contributed by atoms with Crippen LogP contribution >= 0.6 is 0 Å². The van der Waals surface area contributed by atoms with E-state index in [9.17, 15) is 19.1 Å². The second kappa shape index (κ2) is 7.96. The number of carboxylic acid groups (broad SMARTS) is 1.